The summed E-state index contributed by atoms with van der Waals surface area (Å²) in [7, 11) is -4.20. The summed E-state index contributed by atoms with van der Waals surface area (Å²) in [5.41, 5.74) is 1.85. The van der Waals surface area contributed by atoms with E-state index in [1.807, 2.05) is 38.5 Å². The monoisotopic (exact) mass is 432 g/mol. The molecule has 0 aromatic carbocycles. The number of sulfonamides is 1. The lowest BCUT2D eigenvalue weighted by atomic mass is 9.96. The predicted molar refractivity (Wildman–Crippen MR) is 109 cm³/mol. The van der Waals surface area contributed by atoms with Gasteiger partial charge in [0, 0.05) is 13.0 Å². The molecule has 2 amide bonds. The maximum atomic E-state index is 12.7. The van der Waals surface area contributed by atoms with Gasteiger partial charge in [0.25, 0.3) is 10.0 Å². The summed E-state index contributed by atoms with van der Waals surface area (Å²) < 4.78 is 34.4. The number of rotatable bonds is 5. The van der Waals surface area contributed by atoms with E-state index >= 15 is 0 Å². The van der Waals surface area contributed by atoms with Crippen molar-refractivity contribution in [1.29, 1.82) is 5.26 Å². The van der Waals surface area contributed by atoms with Gasteiger partial charge in [-0.15, -0.1) is 0 Å². The SMILES string of the molecule is CC(C)c1cc(C#N)nc(C(C)C)c1NC(=O)NS(=O)(=O)c1cnn2c1OCCC2. The number of ether oxygens (including phenoxy) is 1. The van der Waals surface area contributed by atoms with Gasteiger partial charge in [0.15, 0.2) is 4.90 Å². The Morgan fingerprint density at radius 2 is 2.03 bits per heavy atom. The first-order chi connectivity index (χ1) is 14.1. The second-order valence-electron chi connectivity index (χ2n) is 7.58. The van der Waals surface area contributed by atoms with Crippen LogP contribution in [0.25, 0.3) is 0 Å². The summed E-state index contributed by atoms with van der Waals surface area (Å²) >= 11 is 0. The van der Waals surface area contributed by atoms with Crippen LogP contribution in [0.5, 0.6) is 5.88 Å². The van der Waals surface area contributed by atoms with Gasteiger partial charge < -0.3 is 10.1 Å². The zero-order valence-electron chi connectivity index (χ0n) is 17.3. The van der Waals surface area contributed by atoms with Gasteiger partial charge in [0.2, 0.25) is 5.88 Å². The number of hydrogen-bond donors (Lipinski definition) is 2. The number of aryl methyl sites for hydroxylation is 1. The van der Waals surface area contributed by atoms with Gasteiger partial charge in [-0.1, -0.05) is 27.7 Å². The molecule has 160 valence electrons. The Kier molecular flexibility index (Phi) is 5.98. The van der Waals surface area contributed by atoms with Crippen molar-refractivity contribution in [2.75, 3.05) is 11.9 Å². The van der Waals surface area contributed by atoms with Gasteiger partial charge in [-0.3, -0.25) is 0 Å². The lowest BCUT2D eigenvalue weighted by molar-refractivity contribution is 0.224. The average Bonchev–Trinajstić information content (AvgIpc) is 3.12. The Labute approximate surface area is 175 Å². The fraction of sp³-hybridized carbons (Fsp3) is 0.474. The summed E-state index contributed by atoms with van der Waals surface area (Å²) in [6, 6.07) is 2.70. The van der Waals surface area contributed by atoms with E-state index in [4.69, 9.17) is 4.74 Å². The molecular formula is C19H24N6O4S. The van der Waals surface area contributed by atoms with E-state index in [2.05, 4.69) is 15.4 Å². The average molecular weight is 433 g/mol. The summed E-state index contributed by atoms with van der Waals surface area (Å²) in [5.74, 6) is -0.00766. The zero-order valence-corrected chi connectivity index (χ0v) is 18.1. The molecule has 2 aromatic heterocycles. The summed E-state index contributed by atoms with van der Waals surface area (Å²) in [6.45, 7) is 8.51. The number of pyridine rings is 1. The van der Waals surface area contributed by atoms with Crippen molar-refractivity contribution in [3.63, 3.8) is 0 Å². The number of urea groups is 1. The van der Waals surface area contributed by atoms with E-state index in [1.165, 1.54) is 10.9 Å². The Morgan fingerprint density at radius 1 is 1.30 bits per heavy atom. The van der Waals surface area contributed by atoms with Crippen LogP contribution >= 0.6 is 0 Å². The van der Waals surface area contributed by atoms with Crippen molar-refractivity contribution in [3.8, 4) is 11.9 Å². The number of fused-ring (bicyclic) bond motifs is 1. The van der Waals surface area contributed by atoms with Crippen molar-refractivity contribution >= 4 is 21.7 Å². The van der Waals surface area contributed by atoms with Crippen molar-refractivity contribution in [1.82, 2.24) is 19.5 Å². The normalized spacial score (nSPS) is 13.5. The van der Waals surface area contributed by atoms with Crippen LogP contribution < -0.4 is 14.8 Å². The topological polar surface area (TPSA) is 139 Å². The summed E-state index contributed by atoms with van der Waals surface area (Å²) in [6.07, 6.45) is 1.89. The molecular weight excluding hydrogens is 408 g/mol. The number of carbonyl (C=O) groups excluding carboxylic acids is 1. The van der Waals surface area contributed by atoms with Crippen LogP contribution in [0.1, 0.15) is 62.9 Å². The minimum Gasteiger partial charge on any atom is -0.477 e. The Morgan fingerprint density at radius 3 is 2.67 bits per heavy atom. The molecule has 1 aliphatic rings. The van der Waals surface area contributed by atoms with E-state index < -0.39 is 16.1 Å². The molecule has 0 fully saturated rings. The molecule has 30 heavy (non-hydrogen) atoms. The van der Waals surface area contributed by atoms with Gasteiger partial charge in [0.1, 0.15) is 11.8 Å². The molecule has 0 unspecified atom stereocenters. The van der Waals surface area contributed by atoms with Crippen LogP contribution in [0, 0.1) is 11.3 Å². The van der Waals surface area contributed by atoms with Crippen molar-refractivity contribution < 1.29 is 17.9 Å². The summed E-state index contributed by atoms with van der Waals surface area (Å²) in [5, 5.41) is 15.9. The molecule has 0 bridgehead atoms. The van der Waals surface area contributed by atoms with Crippen LogP contribution in [-0.2, 0) is 16.6 Å². The number of aromatic nitrogens is 3. The molecule has 0 aliphatic carbocycles. The molecule has 2 N–H and O–H groups in total. The third-order valence-corrected chi connectivity index (χ3v) is 5.94. The van der Waals surface area contributed by atoms with Crippen LogP contribution in [0.4, 0.5) is 10.5 Å². The number of nitriles is 1. The molecule has 11 heteroatoms. The van der Waals surface area contributed by atoms with Gasteiger partial charge in [-0.2, -0.15) is 10.4 Å². The molecule has 3 rings (SSSR count). The first-order valence-corrected chi connectivity index (χ1v) is 11.1. The predicted octanol–water partition coefficient (Wildman–Crippen LogP) is 2.69. The zero-order chi connectivity index (χ0) is 22.1. The third kappa shape index (κ3) is 4.23. The molecule has 2 aromatic rings. The highest BCUT2D eigenvalue weighted by atomic mass is 32.2. The van der Waals surface area contributed by atoms with Crippen molar-refractivity contribution in [2.45, 2.75) is 57.4 Å². The van der Waals surface area contributed by atoms with Crippen LogP contribution in [-0.4, -0.2) is 35.8 Å². The summed E-state index contributed by atoms with van der Waals surface area (Å²) in [4.78, 5) is 16.7. The third-order valence-electron chi connectivity index (χ3n) is 4.63. The minimum absolute atomic E-state index is 0.0272. The molecule has 0 saturated heterocycles. The van der Waals surface area contributed by atoms with E-state index in [1.54, 1.807) is 6.07 Å². The standard InChI is InChI=1S/C19H24N6O4S/c1-11(2)14-8-13(9-20)22-16(12(3)4)17(14)23-19(26)24-30(27,28)15-10-21-25-6-5-7-29-18(15)25/h8,10-12H,5-7H2,1-4H3,(H2,23,24,26). The lowest BCUT2D eigenvalue weighted by Gasteiger charge is -2.20. The molecule has 0 saturated carbocycles. The number of carbonyl (C=O) groups is 1. The highest BCUT2D eigenvalue weighted by Crippen LogP contribution is 2.32. The van der Waals surface area contributed by atoms with Gasteiger partial charge in [0.05, 0.1) is 24.2 Å². The maximum absolute atomic E-state index is 12.7. The fourth-order valence-corrected chi connectivity index (χ4v) is 4.18. The molecule has 3 heterocycles. The second kappa shape index (κ2) is 8.31. The smallest absolute Gasteiger partial charge is 0.333 e. The van der Waals surface area contributed by atoms with E-state index in [0.717, 1.165) is 6.42 Å². The number of nitrogens with one attached hydrogen (secondary N) is 2. The number of amides is 2. The van der Waals surface area contributed by atoms with E-state index in [9.17, 15) is 18.5 Å². The molecule has 0 atom stereocenters. The van der Waals surface area contributed by atoms with Crippen LogP contribution in [0.3, 0.4) is 0 Å². The molecule has 0 spiro atoms. The highest BCUT2D eigenvalue weighted by Gasteiger charge is 2.29. The Hall–Kier alpha value is -3.13. The Balaban J connectivity index is 1.91. The number of anilines is 1. The number of hydrogen-bond acceptors (Lipinski definition) is 7. The van der Waals surface area contributed by atoms with Crippen LogP contribution in [0.2, 0.25) is 0 Å². The quantitative estimate of drug-likeness (QED) is 0.740. The van der Waals surface area contributed by atoms with Crippen LogP contribution in [0.15, 0.2) is 17.2 Å². The second-order valence-corrected chi connectivity index (χ2v) is 9.23. The maximum Gasteiger partial charge on any atom is 0.333 e. The molecule has 10 nitrogen and oxygen atoms in total. The minimum atomic E-state index is -4.20. The number of nitrogens with zero attached hydrogens (tertiary/aromatic N) is 4. The van der Waals surface area contributed by atoms with Crippen molar-refractivity contribution in [3.05, 3.63) is 29.2 Å². The van der Waals surface area contributed by atoms with E-state index in [-0.39, 0.29) is 28.3 Å². The van der Waals surface area contributed by atoms with E-state index in [0.29, 0.717) is 30.1 Å². The van der Waals surface area contributed by atoms with Crippen molar-refractivity contribution in [2.24, 2.45) is 0 Å². The first-order valence-electron chi connectivity index (χ1n) is 9.61. The lowest BCUT2D eigenvalue weighted by Crippen LogP contribution is -2.35. The van der Waals surface area contributed by atoms with Gasteiger partial charge in [-0.05, 0) is 23.5 Å². The Bertz CT molecular complexity index is 1090. The highest BCUT2D eigenvalue weighted by molar-refractivity contribution is 7.90. The van der Waals surface area contributed by atoms with Gasteiger partial charge >= 0.3 is 6.03 Å². The molecule has 1 aliphatic heterocycles. The fourth-order valence-electron chi connectivity index (χ4n) is 3.20. The largest absolute Gasteiger partial charge is 0.477 e. The van der Waals surface area contributed by atoms with Gasteiger partial charge in [-0.25, -0.2) is 27.6 Å². The molecule has 0 radical (unpaired) electrons. The first kappa shape index (κ1) is 21.6.